The van der Waals surface area contributed by atoms with Crippen LogP contribution >= 0.6 is 11.8 Å². The van der Waals surface area contributed by atoms with Crippen LogP contribution in [0.4, 0.5) is 0 Å². The van der Waals surface area contributed by atoms with E-state index in [-0.39, 0.29) is 17.3 Å². The molecule has 0 heterocycles. The molecular formula is C19H23NO2S. The molecule has 0 saturated heterocycles. The Bertz CT molecular complexity index is 626. The summed E-state index contributed by atoms with van der Waals surface area (Å²) in [4.78, 5) is 13.0. The molecule has 0 fully saturated rings. The summed E-state index contributed by atoms with van der Waals surface area (Å²) in [6.45, 7) is 5.61. The molecule has 122 valence electrons. The van der Waals surface area contributed by atoms with E-state index in [1.165, 1.54) is 5.56 Å². The second-order valence-corrected chi connectivity index (χ2v) is 6.91. The Morgan fingerprint density at radius 3 is 2.22 bits per heavy atom. The van der Waals surface area contributed by atoms with E-state index in [4.69, 9.17) is 10.5 Å². The van der Waals surface area contributed by atoms with Crippen LogP contribution in [0.3, 0.4) is 0 Å². The zero-order valence-electron chi connectivity index (χ0n) is 13.7. The van der Waals surface area contributed by atoms with Gasteiger partial charge in [-0.05, 0) is 38.5 Å². The molecule has 3 atom stereocenters. The third-order valence-corrected chi connectivity index (χ3v) is 4.97. The zero-order valence-corrected chi connectivity index (χ0v) is 14.5. The van der Waals surface area contributed by atoms with Crippen LogP contribution in [0.15, 0.2) is 59.5 Å². The first-order valence-electron chi connectivity index (χ1n) is 7.71. The summed E-state index contributed by atoms with van der Waals surface area (Å²) in [6, 6.07) is 17.8. The Balaban J connectivity index is 2.23. The molecule has 3 nitrogen and oxygen atoms in total. The lowest BCUT2D eigenvalue weighted by atomic mass is 10.1. The van der Waals surface area contributed by atoms with E-state index in [0.29, 0.717) is 0 Å². The highest BCUT2D eigenvalue weighted by Gasteiger charge is 2.25. The quantitative estimate of drug-likeness (QED) is 0.640. The number of aryl methyl sites for hydroxylation is 1. The van der Waals surface area contributed by atoms with Gasteiger partial charge in [0.15, 0.2) is 0 Å². The van der Waals surface area contributed by atoms with Gasteiger partial charge in [-0.1, -0.05) is 48.0 Å². The summed E-state index contributed by atoms with van der Waals surface area (Å²) >= 11 is 1.69. The number of rotatable bonds is 6. The van der Waals surface area contributed by atoms with E-state index in [2.05, 4.69) is 43.3 Å². The molecule has 0 saturated carbocycles. The molecule has 0 aliphatic heterocycles. The molecule has 2 rings (SSSR count). The first kappa shape index (κ1) is 17.6. The van der Waals surface area contributed by atoms with Gasteiger partial charge in [-0.25, -0.2) is 0 Å². The van der Waals surface area contributed by atoms with Gasteiger partial charge in [0, 0.05) is 4.90 Å². The molecule has 1 unspecified atom stereocenters. The van der Waals surface area contributed by atoms with E-state index < -0.39 is 6.04 Å². The van der Waals surface area contributed by atoms with Gasteiger partial charge in [0.25, 0.3) is 0 Å². The van der Waals surface area contributed by atoms with Crippen LogP contribution in [0.5, 0.6) is 0 Å². The van der Waals surface area contributed by atoms with Crippen molar-refractivity contribution in [3.05, 3.63) is 65.7 Å². The van der Waals surface area contributed by atoms with E-state index in [1.54, 1.807) is 18.7 Å². The third kappa shape index (κ3) is 5.12. The van der Waals surface area contributed by atoms with Gasteiger partial charge < -0.3 is 10.5 Å². The monoisotopic (exact) mass is 329 g/mol. The molecule has 0 amide bonds. The summed E-state index contributed by atoms with van der Waals surface area (Å²) < 4.78 is 5.55. The molecule has 2 aromatic rings. The fourth-order valence-electron chi connectivity index (χ4n) is 2.19. The maximum atomic E-state index is 11.8. The number of carbonyl (C=O) groups excluding carboxylic acids is 1. The summed E-state index contributed by atoms with van der Waals surface area (Å²) in [7, 11) is 0. The first-order valence-corrected chi connectivity index (χ1v) is 8.59. The summed E-state index contributed by atoms with van der Waals surface area (Å²) in [5, 5.41) is 0.0145. The molecule has 0 radical (unpaired) electrons. The maximum Gasteiger partial charge on any atom is 0.322 e. The Kier molecular flexibility index (Phi) is 6.25. The maximum absolute atomic E-state index is 11.8. The number of hydrogen-bond donors (Lipinski definition) is 1. The second kappa shape index (κ2) is 8.18. The molecule has 0 spiro atoms. The van der Waals surface area contributed by atoms with Crippen molar-refractivity contribution in [3.63, 3.8) is 0 Å². The van der Waals surface area contributed by atoms with Gasteiger partial charge in [0.2, 0.25) is 0 Å². The van der Waals surface area contributed by atoms with E-state index in [0.717, 1.165) is 10.5 Å². The Morgan fingerprint density at radius 1 is 1.04 bits per heavy atom. The van der Waals surface area contributed by atoms with Crippen molar-refractivity contribution in [2.75, 3.05) is 0 Å². The van der Waals surface area contributed by atoms with Crippen molar-refractivity contribution < 1.29 is 9.53 Å². The number of nitrogens with two attached hydrogens (primary N) is 1. The molecule has 23 heavy (non-hydrogen) atoms. The Morgan fingerprint density at radius 2 is 1.65 bits per heavy atom. The number of hydrogen-bond acceptors (Lipinski definition) is 4. The average Bonchev–Trinajstić information content (AvgIpc) is 2.54. The van der Waals surface area contributed by atoms with Crippen molar-refractivity contribution in [3.8, 4) is 0 Å². The van der Waals surface area contributed by atoms with Gasteiger partial charge >= 0.3 is 5.97 Å². The molecule has 0 bridgehead atoms. The molecule has 4 heteroatoms. The highest BCUT2D eigenvalue weighted by Crippen LogP contribution is 2.39. The minimum Gasteiger partial charge on any atom is -0.460 e. The van der Waals surface area contributed by atoms with Gasteiger partial charge in [0.1, 0.15) is 12.1 Å². The standard InChI is InChI=1S/C19H23NO2S/c1-13-9-11-16(12-10-13)18(15(3)22-19(21)14(2)20)23-17-7-5-4-6-8-17/h4-12,14-15,18H,20H2,1-3H3/t14-,15?,18-/m0/s1. The minimum absolute atomic E-state index is 0.0145. The second-order valence-electron chi connectivity index (χ2n) is 5.69. The predicted molar refractivity (Wildman–Crippen MR) is 95.4 cm³/mol. The van der Waals surface area contributed by atoms with E-state index in [1.807, 2.05) is 25.1 Å². The van der Waals surface area contributed by atoms with Crippen LogP contribution in [-0.4, -0.2) is 18.1 Å². The van der Waals surface area contributed by atoms with Gasteiger partial charge in [-0.3, -0.25) is 4.79 Å². The number of ether oxygens (including phenoxy) is 1. The highest BCUT2D eigenvalue weighted by molar-refractivity contribution is 7.99. The fraction of sp³-hybridized carbons (Fsp3) is 0.316. The topological polar surface area (TPSA) is 52.3 Å². The lowest BCUT2D eigenvalue weighted by Crippen LogP contribution is -2.33. The molecule has 0 aromatic heterocycles. The molecular weight excluding hydrogens is 306 g/mol. The smallest absolute Gasteiger partial charge is 0.322 e. The van der Waals surface area contributed by atoms with Crippen molar-refractivity contribution >= 4 is 17.7 Å². The number of carbonyl (C=O) groups is 1. The number of benzene rings is 2. The third-order valence-electron chi connectivity index (χ3n) is 3.51. The summed E-state index contributed by atoms with van der Waals surface area (Å²) in [5.74, 6) is -0.372. The Hall–Kier alpha value is -1.78. The molecule has 2 N–H and O–H groups in total. The van der Waals surface area contributed by atoms with Crippen LogP contribution < -0.4 is 5.73 Å². The number of thioether (sulfide) groups is 1. The Labute approximate surface area is 142 Å². The van der Waals surface area contributed by atoms with E-state index in [9.17, 15) is 4.79 Å². The molecule has 2 aromatic carbocycles. The van der Waals surface area contributed by atoms with Gasteiger partial charge in [0.05, 0.1) is 5.25 Å². The SMILES string of the molecule is Cc1ccc([C@@H](Sc2ccccc2)C(C)OC(=O)[C@H](C)N)cc1. The largest absolute Gasteiger partial charge is 0.460 e. The predicted octanol–water partition coefficient (Wildman–Crippen LogP) is 4.11. The average molecular weight is 329 g/mol. The van der Waals surface area contributed by atoms with Gasteiger partial charge in [-0.2, -0.15) is 0 Å². The normalized spacial score (nSPS) is 14.8. The van der Waals surface area contributed by atoms with Crippen molar-refractivity contribution in [2.24, 2.45) is 5.73 Å². The van der Waals surface area contributed by atoms with Crippen LogP contribution in [0.2, 0.25) is 0 Å². The van der Waals surface area contributed by atoms with Crippen molar-refractivity contribution in [1.29, 1.82) is 0 Å². The van der Waals surface area contributed by atoms with Crippen LogP contribution in [0.1, 0.15) is 30.2 Å². The minimum atomic E-state index is -0.613. The summed E-state index contributed by atoms with van der Waals surface area (Å²) in [6.07, 6.45) is -0.276. The lowest BCUT2D eigenvalue weighted by molar-refractivity contribution is -0.149. The summed E-state index contributed by atoms with van der Waals surface area (Å²) in [5.41, 5.74) is 7.95. The fourth-order valence-corrected chi connectivity index (χ4v) is 3.34. The van der Waals surface area contributed by atoms with Crippen LogP contribution in [0, 0.1) is 6.92 Å². The highest BCUT2D eigenvalue weighted by atomic mass is 32.2. The van der Waals surface area contributed by atoms with E-state index >= 15 is 0 Å². The van der Waals surface area contributed by atoms with Crippen LogP contribution in [-0.2, 0) is 9.53 Å². The molecule has 0 aliphatic carbocycles. The zero-order chi connectivity index (χ0) is 16.8. The number of esters is 1. The van der Waals surface area contributed by atoms with Gasteiger partial charge in [-0.15, -0.1) is 11.8 Å². The molecule has 0 aliphatic rings. The van der Waals surface area contributed by atoms with Crippen molar-refractivity contribution in [2.45, 2.75) is 43.1 Å². The van der Waals surface area contributed by atoms with Crippen molar-refractivity contribution in [1.82, 2.24) is 0 Å². The first-order chi connectivity index (χ1) is 11.0. The van der Waals surface area contributed by atoms with Crippen LogP contribution in [0.25, 0.3) is 0 Å². The lowest BCUT2D eigenvalue weighted by Gasteiger charge is -2.25.